The Morgan fingerprint density at radius 3 is 1.89 bits per heavy atom. The molecule has 0 saturated heterocycles. The fraction of sp³-hybridized carbons (Fsp3) is 0. The maximum absolute atomic E-state index is 6.72. The van der Waals surface area contributed by atoms with Gasteiger partial charge in [-0.3, -0.25) is 0 Å². The summed E-state index contributed by atoms with van der Waals surface area (Å²) in [4.78, 5) is 2.36. The first-order valence-corrected chi connectivity index (χ1v) is 18.0. The number of anilines is 3. The van der Waals surface area contributed by atoms with E-state index in [0.717, 1.165) is 83.0 Å². The van der Waals surface area contributed by atoms with E-state index in [1.54, 1.807) is 0 Å². The van der Waals surface area contributed by atoms with E-state index in [0.29, 0.717) is 0 Å². The van der Waals surface area contributed by atoms with E-state index in [1.807, 2.05) is 12.1 Å². The van der Waals surface area contributed by atoms with Gasteiger partial charge in [0.1, 0.15) is 16.7 Å². The summed E-state index contributed by atoms with van der Waals surface area (Å²) in [6.45, 7) is 0. The molecule has 9 aromatic carbocycles. The Kier molecular flexibility index (Phi) is 6.55. The third kappa shape index (κ3) is 4.75. The van der Waals surface area contributed by atoms with Gasteiger partial charge in [-0.1, -0.05) is 133 Å². The zero-order valence-electron chi connectivity index (χ0n) is 28.7. The minimum absolute atomic E-state index is 0.845. The van der Waals surface area contributed by atoms with Crippen LogP contribution in [0, 0.1) is 0 Å². The fourth-order valence-electron chi connectivity index (χ4n) is 8.14. The van der Waals surface area contributed by atoms with Gasteiger partial charge < -0.3 is 13.7 Å². The second kappa shape index (κ2) is 11.7. The summed E-state index contributed by atoms with van der Waals surface area (Å²) in [6.07, 6.45) is 0. The van der Waals surface area contributed by atoms with Gasteiger partial charge in [-0.05, 0) is 92.8 Å². The summed E-state index contributed by atoms with van der Waals surface area (Å²) in [6, 6.07) is 66.8. The largest absolute Gasteiger partial charge is 0.456 e. The van der Waals surface area contributed by atoms with Crippen LogP contribution in [0.2, 0.25) is 0 Å². The van der Waals surface area contributed by atoms with Gasteiger partial charge in [0.15, 0.2) is 5.58 Å². The van der Waals surface area contributed by atoms with Crippen molar-refractivity contribution in [2.45, 2.75) is 0 Å². The average Bonchev–Trinajstić information content (AvgIpc) is 3.79. The number of fused-ring (bicyclic) bond motifs is 8. The van der Waals surface area contributed by atoms with Gasteiger partial charge in [-0.25, -0.2) is 0 Å². The topological polar surface area (TPSA) is 29.5 Å². The van der Waals surface area contributed by atoms with Crippen molar-refractivity contribution in [1.82, 2.24) is 0 Å². The fourth-order valence-corrected chi connectivity index (χ4v) is 8.14. The summed E-state index contributed by atoms with van der Waals surface area (Å²) in [5.41, 5.74) is 11.0. The maximum atomic E-state index is 6.72. The van der Waals surface area contributed by atoms with Gasteiger partial charge in [-0.2, -0.15) is 0 Å². The number of benzene rings is 9. The molecule has 0 radical (unpaired) electrons. The van der Waals surface area contributed by atoms with Crippen molar-refractivity contribution < 1.29 is 8.83 Å². The van der Waals surface area contributed by atoms with Gasteiger partial charge in [0, 0.05) is 32.8 Å². The molecule has 0 spiro atoms. The highest BCUT2D eigenvalue weighted by atomic mass is 16.3. The quantitative estimate of drug-likeness (QED) is 0.182. The lowest BCUT2D eigenvalue weighted by molar-refractivity contribution is 0.669. The Balaban J connectivity index is 1.18. The lowest BCUT2D eigenvalue weighted by atomic mass is 9.95. The average molecular weight is 678 g/mol. The molecule has 0 amide bonds. The van der Waals surface area contributed by atoms with E-state index in [4.69, 9.17) is 8.83 Å². The van der Waals surface area contributed by atoms with Gasteiger partial charge in [0.05, 0.1) is 11.4 Å². The van der Waals surface area contributed by atoms with Crippen LogP contribution in [0.15, 0.2) is 197 Å². The summed E-state index contributed by atoms with van der Waals surface area (Å²) < 4.78 is 13.3. The lowest BCUT2D eigenvalue weighted by Gasteiger charge is -2.28. The molecule has 3 heteroatoms. The molecule has 3 nitrogen and oxygen atoms in total. The molecule has 0 atom stereocenters. The van der Waals surface area contributed by atoms with E-state index in [2.05, 4.69) is 181 Å². The van der Waals surface area contributed by atoms with Crippen molar-refractivity contribution in [2.75, 3.05) is 4.90 Å². The highest BCUT2D eigenvalue weighted by Crippen LogP contribution is 2.48. The Labute approximate surface area is 305 Å². The smallest absolute Gasteiger partial charge is 0.159 e. The van der Waals surface area contributed by atoms with Crippen LogP contribution >= 0.6 is 0 Å². The minimum Gasteiger partial charge on any atom is -0.456 e. The van der Waals surface area contributed by atoms with Crippen LogP contribution in [0.5, 0.6) is 0 Å². The zero-order valence-corrected chi connectivity index (χ0v) is 28.7. The van der Waals surface area contributed by atoms with Crippen molar-refractivity contribution in [2.24, 2.45) is 0 Å². The molecule has 0 fully saturated rings. The van der Waals surface area contributed by atoms with E-state index in [1.165, 1.54) is 21.7 Å². The first-order chi connectivity index (χ1) is 26.3. The van der Waals surface area contributed by atoms with Gasteiger partial charge in [-0.15, -0.1) is 0 Å². The van der Waals surface area contributed by atoms with Crippen LogP contribution in [0.1, 0.15) is 0 Å². The molecule has 2 heterocycles. The Morgan fingerprint density at radius 1 is 0.340 bits per heavy atom. The summed E-state index contributed by atoms with van der Waals surface area (Å²) in [7, 11) is 0. The van der Waals surface area contributed by atoms with Crippen LogP contribution in [0.4, 0.5) is 17.1 Å². The molecule has 0 aliphatic carbocycles. The first-order valence-electron chi connectivity index (χ1n) is 18.0. The first kappa shape index (κ1) is 29.6. The molecular weight excluding hydrogens is 647 g/mol. The number of nitrogens with zero attached hydrogens (tertiary/aromatic N) is 1. The maximum Gasteiger partial charge on any atom is 0.159 e. The van der Waals surface area contributed by atoms with Crippen molar-refractivity contribution in [3.8, 4) is 22.3 Å². The van der Waals surface area contributed by atoms with E-state index < -0.39 is 0 Å². The highest BCUT2D eigenvalue weighted by molar-refractivity contribution is 6.17. The number of hydrogen-bond acceptors (Lipinski definition) is 3. The number of furan rings is 2. The van der Waals surface area contributed by atoms with Crippen LogP contribution in [0.3, 0.4) is 0 Å². The van der Waals surface area contributed by atoms with Crippen molar-refractivity contribution in [1.29, 1.82) is 0 Å². The highest BCUT2D eigenvalue weighted by Gasteiger charge is 2.24. The van der Waals surface area contributed by atoms with Gasteiger partial charge >= 0.3 is 0 Å². The van der Waals surface area contributed by atoms with Crippen LogP contribution in [-0.4, -0.2) is 0 Å². The lowest BCUT2D eigenvalue weighted by Crippen LogP contribution is -2.11. The van der Waals surface area contributed by atoms with Crippen LogP contribution < -0.4 is 4.90 Å². The van der Waals surface area contributed by atoms with E-state index in [-0.39, 0.29) is 0 Å². The molecule has 11 aromatic rings. The Morgan fingerprint density at radius 2 is 0.981 bits per heavy atom. The molecule has 2 aromatic heterocycles. The predicted octanol–water partition coefficient (Wildman–Crippen LogP) is 14.6. The predicted molar refractivity (Wildman–Crippen MR) is 222 cm³/mol. The molecular formula is C50H31NO2. The Hall–Kier alpha value is -7.10. The second-order valence-electron chi connectivity index (χ2n) is 13.7. The van der Waals surface area contributed by atoms with Gasteiger partial charge in [0.25, 0.3) is 0 Å². The van der Waals surface area contributed by atoms with Crippen LogP contribution in [0.25, 0.3) is 87.7 Å². The summed E-state index contributed by atoms with van der Waals surface area (Å²) in [5.74, 6) is 0. The number of para-hydroxylation sites is 3. The molecule has 0 aliphatic rings. The molecule has 0 unspecified atom stereocenters. The normalized spacial score (nSPS) is 11.8. The number of rotatable bonds is 5. The van der Waals surface area contributed by atoms with Crippen LogP contribution in [-0.2, 0) is 0 Å². The monoisotopic (exact) mass is 677 g/mol. The van der Waals surface area contributed by atoms with Gasteiger partial charge in [0.2, 0.25) is 0 Å². The minimum atomic E-state index is 0.845. The second-order valence-corrected chi connectivity index (χ2v) is 13.7. The standard InChI is InChI=1S/C50H31NO2/c1-2-13-33-28-37(27-26-32(33)12-1)34-16-9-17-38(29-34)51(45-23-10-21-42-40-19-6-8-24-46(40)53-50(42)45)44-22-7-5-18-39(44)41-20-11-25-47-49(41)43-30-35-14-3-4-15-36(35)31-48(43)52-47/h1-31H. The third-order valence-electron chi connectivity index (χ3n) is 10.6. The molecule has 248 valence electrons. The van der Waals surface area contributed by atoms with Crippen molar-refractivity contribution in [3.63, 3.8) is 0 Å². The van der Waals surface area contributed by atoms with Crippen molar-refractivity contribution in [3.05, 3.63) is 188 Å². The molecule has 0 bridgehead atoms. The van der Waals surface area contributed by atoms with Crippen molar-refractivity contribution >= 4 is 82.5 Å². The molecule has 0 saturated carbocycles. The molecule has 0 aliphatic heterocycles. The van der Waals surface area contributed by atoms with E-state index >= 15 is 0 Å². The third-order valence-corrected chi connectivity index (χ3v) is 10.6. The van der Waals surface area contributed by atoms with E-state index in [9.17, 15) is 0 Å². The molecule has 11 rings (SSSR count). The summed E-state index contributed by atoms with van der Waals surface area (Å²) >= 11 is 0. The molecule has 0 N–H and O–H groups in total. The zero-order chi connectivity index (χ0) is 34.9. The SMILES string of the molecule is c1cc(-c2ccc3ccccc3c2)cc(N(c2ccccc2-c2cccc3oc4cc5ccccc5cc4c23)c2cccc3c2oc2ccccc23)c1. The molecule has 53 heavy (non-hydrogen) atoms. The summed E-state index contributed by atoms with van der Waals surface area (Å²) in [5, 5.41) is 9.20. The Bertz CT molecular complexity index is 3200. The number of hydrogen-bond donors (Lipinski definition) is 0.